The molecule has 30 heavy (non-hydrogen) atoms. The number of anilines is 1. The van der Waals surface area contributed by atoms with Gasteiger partial charge >= 0.3 is 11.9 Å². The van der Waals surface area contributed by atoms with Gasteiger partial charge in [-0.3, -0.25) is 9.69 Å². The second-order valence-corrected chi connectivity index (χ2v) is 8.80. The second-order valence-electron chi connectivity index (χ2n) is 8.80. The first-order valence-electron chi connectivity index (χ1n) is 10.0. The number of nitrogens with zero attached hydrogens (tertiary/aromatic N) is 1. The van der Waals surface area contributed by atoms with Gasteiger partial charge in [0, 0.05) is 11.2 Å². The number of benzene rings is 2. The molecule has 1 unspecified atom stereocenters. The minimum atomic E-state index is -0.947. The maximum atomic E-state index is 13.2. The van der Waals surface area contributed by atoms with Crippen molar-refractivity contribution in [2.75, 3.05) is 4.90 Å². The van der Waals surface area contributed by atoms with Gasteiger partial charge in [0.1, 0.15) is 5.75 Å². The van der Waals surface area contributed by atoms with Crippen molar-refractivity contribution in [3.8, 4) is 5.75 Å². The van der Waals surface area contributed by atoms with E-state index in [0.29, 0.717) is 17.9 Å². The summed E-state index contributed by atoms with van der Waals surface area (Å²) in [5.74, 6) is -1.38. The third kappa shape index (κ3) is 6.97. The molecule has 0 fully saturated rings. The molecule has 0 aliphatic rings. The SMILES string of the molecule is CC(CC(C)(C)N(C(=O)C(=O)Oc1ccccc1)c1ccccc1)OOC(C)(C)C. The fourth-order valence-corrected chi connectivity index (χ4v) is 3.10. The highest BCUT2D eigenvalue weighted by Crippen LogP contribution is 2.29. The molecule has 1 atom stereocenters. The Labute approximate surface area is 178 Å². The molecule has 2 aromatic rings. The van der Waals surface area contributed by atoms with Crippen LogP contribution < -0.4 is 9.64 Å². The summed E-state index contributed by atoms with van der Waals surface area (Å²) in [6, 6.07) is 17.6. The van der Waals surface area contributed by atoms with Crippen molar-refractivity contribution in [1.29, 1.82) is 0 Å². The Morgan fingerprint density at radius 1 is 0.900 bits per heavy atom. The maximum absolute atomic E-state index is 13.2. The van der Waals surface area contributed by atoms with Crippen LogP contribution in [0.3, 0.4) is 0 Å². The highest BCUT2D eigenvalue weighted by Gasteiger charge is 2.38. The lowest BCUT2D eigenvalue weighted by molar-refractivity contribution is -0.371. The number of ether oxygens (including phenoxy) is 1. The van der Waals surface area contributed by atoms with E-state index in [9.17, 15) is 9.59 Å². The van der Waals surface area contributed by atoms with Gasteiger partial charge in [0.25, 0.3) is 0 Å². The van der Waals surface area contributed by atoms with Crippen molar-refractivity contribution < 1.29 is 24.1 Å². The van der Waals surface area contributed by atoms with E-state index < -0.39 is 23.0 Å². The Balaban J connectivity index is 2.23. The fraction of sp³-hybridized carbons (Fsp3) is 0.417. The van der Waals surface area contributed by atoms with Gasteiger partial charge in [0.2, 0.25) is 0 Å². The van der Waals surface area contributed by atoms with Gasteiger partial charge in [-0.15, -0.1) is 0 Å². The number of rotatable bonds is 7. The van der Waals surface area contributed by atoms with Crippen molar-refractivity contribution in [1.82, 2.24) is 0 Å². The second kappa shape index (κ2) is 9.87. The van der Waals surface area contributed by atoms with Crippen LogP contribution in [0.15, 0.2) is 60.7 Å². The van der Waals surface area contributed by atoms with Crippen molar-refractivity contribution in [3.05, 3.63) is 60.7 Å². The molecular weight excluding hydrogens is 382 g/mol. The summed E-state index contributed by atoms with van der Waals surface area (Å²) in [4.78, 5) is 38.2. The van der Waals surface area contributed by atoms with Crippen molar-refractivity contribution in [2.24, 2.45) is 0 Å². The van der Waals surface area contributed by atoms with Crippen molar-refractivity contribution in [2.45, 2.75) is 65.2 Å². The molecule has 6 heteroatoms. The Hall–Kier alpha value is -2.70. The zero-order valence-corrected chi connectivity index (χ0v) is 18.5. The molecule has 0 bridgehead atoms. The number of carbonyl (C=O) groups excluding carboxylic acids is 2. The number of hydrogen-bond donors (Lipinski definition) is 0. The molecule has 0 aromatic heterocycles. The summed E-state index contributed by atoms with van der Waals surface area (Å²) in [6.07, 6.45) is 0.117. The Morgan fingerprint density at radius 2 is 1.43 bits per heavy atom. The summed E-state index contributed by atoms with van der Waals surface area (Å²) in [5, 5.41) is 0. The van der Waals surface area contributed by atoms with Crippen LogP contribution in [0, 0.1) is 0 Å². The van der Waals surface area contributed by atoms with E-state index in [0.717, 1.165) is 0 Å². The first kappa shape index (κ1) is 23.6. The van der Waals surface area contributed by atoms with Gasteiger partial charge in [0.05, 0.1) is 11.7 Å². The maximum Gasteiger partial charge on any atom is 0.402 e. The Bertz CT molecular complexity index is 828. The van der Waals surface area contributed by atoms with Gasteiger partial charge in [-0.2, -0.15) is 0 Å². The molecule has 0 saturated heterocycles. The van der Waals surface area contributed by atoms with Crippen LogP contribution in [0.25, 0.3) is 0 Å². The smallest absolute Gasteiger partial charge is 0.402 e. The van der Waals surface area contributed by atoms with Crippen molar-refractivity contribution >= 4 is 17.6 Å². The quantitative estimate of drug-likeness (QED) is 0.212. The summed E-state index contributed by atoms with van der Waals surface area (Å²) >= 11 is 0. The predicted octanol–water partition coefficient (Wildman–Crippen LogP) is 4.93. The minimum Gasteiger partial charge on any atom is -0.419 e. The van der Waals surface area contributed by atoms with Gasteiger partial charge < -0.3 is 4.74 Å². The molecule has 0 N–H and O–H groups in total. The monoisotopic (exact) mass is 413 g/mol. The van der Waals surface area contributed by atoms with E-state index in [1.807, 2.05) is 59.7 Å². The Kier molecular flexibility index (Phi) is 7.76. The first-order valence-corrected chi connectivity index (χ1v) is 10.0. The molecule has 0 aliphatic carbocycles. The van der Waals surface area contributed by atoms with E-state index in [-0.39, 0.29) is 6.10 Å². The van der Waals surface area contributed by atoms with Crippen LogP contribution in [0.5, 0.6) is 5.75 Å². The lowest BCUT2D eigenvalue weighted by atomic mass is 9.94. The van der Waals surface area contributed by atoms with Gasteiger partial charge in [0.15, 0.2) is 0 Å². The fourth-order valence-electron chi connectivity index (χ4n) is 3.10. The van der Waals surface area contributed by atoms with Gasteiger partial charge in [-0.25, -0.2) is 14.6 Å². The predicted molar refractivity (Wildman–Crippen MR) is 116 cm³/mol. The number of para-hydroxylation sites is 2. The number of amides is 1. The van der Waals surface area contributed by atoms with Crippen LogP contribution in [-0.4, -0.2) is 29.1 Å². The lowest BCUT2D eigenvalue weighted by Gasteiger charge is -2.39. The summed E-state index contributed by atoms with van der Waals surface area (Å²) in [7, 11) is 0. The number of hydrogen-bond acceptors (Lipinski definition) is 5. The van der Waals surface area contributed by atoms with E-state index in [2.05, 4.69) is 0 Å². The topological polar surface area (TPSA) is 65.1 Å². The highest BCUT2D eigenvalue weighted by molar-refractivity contribution is 6.39. The molecule has 0 radical (unpaired) electrons. The van der Waals surface area contributed by atoms with Crippen molar-refractivity contribution in [3.63, 3.8) is 0 Å². The number of carbonyl (C=O) groups is 2. The summed E-state index contributed by atoms with van der Waals surface area (Å²) in [5.41, 5.74) is -0.608. The zero-order valence-electron chi connectivity index (χ0n) is 18.5. The molecule has 2 rings (SSSR count). The normalized spacial score (nSPS) is 12.9. The van der Waals surface area contributed by atoms with Gasteiger partial charge in [-0.1, -0.05) is 36.4 Å². The van der Waals surface area contributed by atoms with Crippen LogP contribution in [0.1, 0.15) is 48.0 Å². The van der Waals surface area contributed by atoms with E-state index in [1.165, 1.54) is 4.90 Å². The third-order valence-corrected chi connectivity index (χ3v) is 4.20. The molecule has 1 amide bonds. The first-order chi connectivity index (χ1) is 14.0. The Morgan fingerprint density at radius 3 is 1.97 bits per heavy atom. The molecule has 162 valence electrons. The van der Waals surface area contributed by atoms with Crippen LogP contribution in [-0.2, 0) is 19.4 Å². The lowest BCUT2D eigenvalue weighted by Crippen LogP contribution is -2.53. The van der Waals surface area contributed by atoms with Crippen LogP contribution in [0.4, 0.5) is 5.69 Å². The third-order valence-electron chi connectivity index (χ3n) is 4.20. The molecular formula is C24H31NO5. The van der Waals surface area contributed by atoms with E-state index >= 15 is 0 Å². The molecule has 0 spiro atoms. The van der Waals surface area contributed by atoms with E-state index in [4.69, 9.17) is 14.5 Å². The molecule has 2 aromatic carbocycles. The molecule has 0 aliphatic heterocycles. The standard InChI is InChI=1S/C24H31NO5/c1-18(29-30-23(2,3)4)17-24(5,6)25(19-13-9-7-10-14-19)21(26)22(27)28-20-15-11-8-12-16-20/h7-16,18H,17H2,1-6H3. The molecule has 0 heterocycles. The average molecular weight is 414 g/mol. The molecule has 6 nitrogen and oxygen atoms in total. The van der Waals surface area contributed by atoms with Crippen LogP contribution in [0.2, 0.25) is 0 Å². The van der Waals surface area contributed by atoms with Gasteiger partial charge in [-0.05, 0) is 72.2 Å². The van der Waals surface area contributed by atoms with Crippen LogP contribution >= 0.6 is 0 Å². The minimum absolute atomic E-state index is 0.316. The average Bonchev–Trinajstić information content (AvgIpc) is 2.67. The summed E-state index contributed by atoms with van der Waals surface area (Å²) < 4.78 is 5.28. The largest absolute Gasteiger partial charge is 0.419 e. The molecule has 0 saturated carbocycles. The zero-order chi connectivity index (χ0) is 22.4. The highest BCUT2D eigenvalue weighted by atomic mass is 17.2. The van der Waals surface area contributed by atoms with E-state index in [1.54, 1.807) is 42.5 Å². The number of esters is 1. The summed E-state index contributed by atoms with van der Waals surface area (Å²) in [6.45, 7) is 11.3.